The molecule has 0 atom stereocenters. The number of nitrogens with one attached hydrogen (secondary N) is 2. The van der Waals surface area contributed by atoms with Gasteiger partial charge in [-0.1, -0.05) is 23.7 Å². The van der Waals surface area contributed by atoms with Crippen molar-refractivity contribution in [1.29, 1.82) is 0 Å². The van der Waals surface area contributed by atoms with Gasteiger partial charge in [-0.3, -0.25) is 19.9 Å². The third kappa shape index (κ3) is 3.21. The largest absolute Gasteiger partial charge is 0.368 e. The van der Waals surface area contributed by atoms with Gasteiger partial charge < -0.3 is 10.6 Å². The van der Waals surface area contributed by atoms with Crippen LogP contribution in [0.15, 0.2) is 47.5 Å². The van der Waals surface area contributed by atoms with E-state index in [1.807, 2.05) is 12.1 Å². The topological polar surface area (TPSA) is 96.6 Å². The number of carbonyl (C=O) groups is 1. The highest BCUT2D eigenvalue weighted by molar-refractivity contribution is 6.34. The van der Waals surface area contributed by atoms with Gasteiger partial charge in [0.15, 0.2) is 0 Å². The average Bonchev–Trinajstić information content (AvgIpc) is 3.09. The Morgan fingerprint density at radius 1 is 1.29 bits per heavy atom. The molecule has 0 saturated carbocycles. The number of anilines is 1. The van der Waals surface area contributed by atoms with Crippen LogP contribution < -0.4 is 10.6 Å². The SMILES string of the molecule is O=C(Nc1ccccc1C1=NCCN1)c1cc([N+](=O)[O-])ccc1Cl. The monoisotopic (exact) mass is 344 g/mol. The normalized spacial score (nSPS) is 13.1. The molecule has 0 aliphatic carbocycles. The number of amidine groups is 1. The molecule has 8 heteroatoms. The minimum absolute atomic E-state index is 0.0435. The molecule has 2 aromatic rings. The molecule has 7 nitrogen and oxygen atoms in total. The smallest absolute Gasteiger partial charge is 0.270 e. The second kappa shape index (κ2) is 6.67. The van der Waals surface area contributed by atoms with Crippen LogP contribution in [0.2, 0.25) is 5.02 Å². The average molecular weight is 345 g/mol. The first kappa shape index (κ1) is 15.9. The van der Waals surface area contributed by atoms with Gasteiger partial charge in [0.2, 0.25) is 0 Å². The number of amides is 1. The molecule has 0 bridgehead atoms. The zero-order chi connectivity index (χ0) is 17.1. The second-order valence-electron chi connectivity index (χ2n) is 5.08. The molecule has 0 radical (unpaired) electrons. The zero-order valence-electron chi connectivity index (χ0n) is 12.5. The van der Waals surface area contributed by atoms with Gasteiger partial charge in [-0.05, 0) is 18.2 Å². The fourth-order valence-corrected chi connectivity index (χ4v) is 2.57. The molecule has 0 spiro atoms. The van der Waals surface area contributed by atoms with Crippen molar-refractivity contribution in [3.05, 3.63) is 68.7 Å². The summed E-state index contributed by atoms with van der Waals surface area (Å²) in [6.07, 6.45) is 0. The van der Waals surface area contributed by atoms with E-state index in [0.29, 0.717) is 18.1 Å². The van der Waals surface area contributed by atoms with Crippen LogP contribution in [0.3, 0.4) is 0 Å². The Bertz CT molecular complexity index is 851. The molecule has 2 N–H and O–H groups in total. The quantitative estimate of drug-likeness (QED) is 0.658. The van der Waals surface area contributed by atoms with E-state index >= 15 is 0 Å². The number of benzene rings is 2. The third-order valence-corrected chi connectivity index (χ3v) is 3.84. The van der Waals surface area contributed by atoms with Crippen molar-refractivity contribution >= 4 is 34.7 Å². The van der Waals surface area contributed by atoms with Crippen molar-refractivity contribution in [2.45, 2.75) is 0 Å². The molecule has 1 aliphatic rings. The number of hydrogen-bond donors (Lipinski definition) is 2. The standard InChI is InChI=1S/C16H13ClN4O3/c17-13-6-5-10(21(23)24)9-12(13)16(22)20-14-4-2-1-3-11(14)15-18-7-8-19-15/h1-6,9H,7-8H2,(H,18,19)(H,20,22). The molecule has 24 heavy (non-hydrogen) atoms. The van der Waals surface area contributed by atoms with E-state index in [2.05, 4.69) is 15.6 Å². The molecule has 0 fully saturated rings. The lowest BCUT2D eigenvalue weighted by atomic mass is 10.1. The van der Waals surface area contributed by atoms with E-state index in [1.165, 1.54) is 12.1 Å². The number of rotatable bonds is 4. The van der Waals surface area contributed by atoms with Crippen LogP contribution in [0.25, 0.3) is 0 Å². The summed E-state index contributed by atoms with van der Waals surface area (Å²) in [5.74, 6) is 0.186. The number of carbonyl (C=O) groups excluding carboxylic acids is 1. The fraction of sp³-hybridized carbons (Fsp3) is 0.125. The minimum atomic E-state index is -0.571. The summed E-state index contributed by atoms with van der Waals surface area (Å²) >= 11 is 6.01. The molecule has 0 saturated heterocycles. The van der Waals surface area contributed by atoms with Crippen molar-refractivity contribution in [2.75, 3.05) is 18.4 Å². The van der Waals surface area contributed by atoms with E-state index in [1.54, 1.807) is 12.1 Å². The third-order valence-electron chi connectivity index (χ3n) is 3.51. The first-order chi connectivity index (χ1) is 11.6. The summed E-state index contributed by atoms with van der Waals surface area (Å²) in [6, 6.07) is 10.9. The predicted octanol–water partition coefficient (Wildman–Crippen LogP) is 2.85. The molecular formula is C16H13ClN4O3. The lowest BCUT2D eigenvalue weighted by Gasteiger charge is -2.12. The number of nitro benzene ring substituents is 1. The summed E-state index contributed by atoms with van der Waals surface area (Å²) in [7, 11) is 0. The number of nitrogens with zero attached hydrogens (tertiary/aromatic N) is 2. The van der Waals surface area contributed by atoms with Gasteiger partial charge in [0.05, 0.1) is 27.7 Å². The Morgan fingerprint density at radius 2 is 2.08 bits per heavy atom. The summed E-state index contributed by atoms with van der Waals surface area (Å²) in [4.78, 5) is 27.1. The second-order valence-corrected chi connectivity index (χ2v) is 5.49. The van der Waals surface area contributed by atoms with E-state index in [4.69, 9.17) is 11.6 Å². The molecule has 122 valence electrons. The van der Waals surface area contributed by atoms with Gasteiger partial charge >= 0.3 is 0 Å². The van der Waals surface area contributed by atoms with Crippen LogP contribution in [0.1, 0.15) is 15.9 Å². The van der Waals surface area contributed by atoms with Crippen LogP contribution in [0.5, 0.6) is 0 Å². The predicted molar refractivity (Wildman–Crippen MR) is 91.9 cm³/mol. The number of hydrogen-bond acceptors (Lipinski definition) is 5. The maximum atomic E-state index is 12.5. The zero-order valence-corrected chi connectivity index (χ0v) is 13.2. The molecule has 1 aliphatic heterocycles. The molecule has 3 rings (SSSR count). The number of nitro groups is 1. The molecule has 1 heterocycles. The van der Waals surface area contributed by atoms with Crippen molar-refractivity contribution < 1.29 is 9.72 Å². The maximum absolute atomic E-state index is 12.5. The summed E-state index contributed by atoms with van der Waals surface area (Å²) in [6.45, 7) is 1.42. The first-order valence-corrected chi connectivity index (χ1v) is 7.57. The summed E-state index contributed by atoms with van der Waals surface area (Å²) < 4.78 is 0. The minimum Gasteiger partial charge on any atom is -0.368 e. The van der Waals surface area contributed by atoms with E-state index in [9.17, 15) is 14.9 Å². The van der Waals surface area contributed by atoms with Crippen LogP contribution in [0.4, 0.5) is 11.4 Å². The summed E-state index contributed by atoms with van der Waals surface area (Å²) in [5, 5.41) is 16.9. The van der Waals surface area contributed by atoms with Crippen molar-refractivity contribution in [3.63, 3.8) is 0 Å². The van der Waals surface area contributed by atoms with Gasteiger partial charge in [0.25, 0.3) is 11.6 Å². The van der Waals surface area contributed by atoms with E-state index < -0.39 is 10.8 Å². The number of non-ortho nitro benzene ring substituents is 1. The molecular weight excluding hydrogens is 332 g/mol. The van der Waals surface area contributed by atoms with Gasteiger partial charge in [0, 0.05) is 24.2 Å². The van der Waals surface area contributed by atoms with Crippen LogP contribution in [0, 0.1) is 10.1 Å². The van der Waals surface area contributed by atoms with E-state index in [-0.39, 0.29) is 16.3 Å². The molecule has 1 amide bonds. The van der Waals surface area contributed by atoms with Gasteiger partial charge in [-0.2, -0.15) is 0 Å². The number of aliphatic imine (C=N–C) groups is 1. The highest BCUT2D eigenvalue weighted by atomic mass is 35.5. The van der Waals surface area contributed by atoms with Gasteiger partial charge in [-0.25, -0.2) is 0 Å². The number of para-hydroxylation sites is 1. The maximum Gasteiger partial charge on any atom is 0.270 e. The van der Waals surface area contributed by atoms with Gasteiger partial charge in [-0.15, -0.1) is 0 Å². The Labute approximate surface area is 142 Å². The molecule has 2 aromatic carbocycles. The highest BCUT2D eigenvalue weighted by Gasteiger charge is 2.18. The molecule has 0 aromatic heterocycles. The Balaban J connectivity index is 1.91. The first-order valence-electron chi connectivity index (χ1n) is 7.19. The Kier molecular flexibility index (Phi) is 4.43. The Hall–Kier alpha value is -2.93. The fourth-order valence-electron chi connectivity index (χ4n) is 2.37. The lowest BCUT2D eigenvalue weighted by molar-refractivity contribution is -0.384. The Morgan fingerprint density at radius 3 is 2.79 bits per heavy atom. The van der Waals surface area contributed by atoms with E-state index in [0.717, 1.165) is 18.2 Å². The van der Waals surface area contributed by atoms with Crippen molar-refractivity contribution in [1.82, 2.24) is 5.32 Å². The highest BCUT2D eigenvalue weighted by Crippen LogP contribution is 2.24. The van der Waals surface area contributed by atoms with Crippen molar-refractivity contribution in [3.8, 4) is 0 Å². The van der Waals surface area contributed by atoms with Gasteiger partial charge in [0.1, 0.15) is 5.84 Å². The lowest BCUT2D eigenvalue weighted by Crippen LogP contribution is -2.22. The molecule has 0 unspecified atom stereocenters. The van der Waals surface area contributed by atoms with Crippen LogP contribution in [-0.2, 0) is 0 Å². The number of halogens is 1. The van der Waals surface area contributed by atoms with Crippen molar-refractivity contribution in [2.24, 2.45) is 4.99 Å². The summed E-state index contributed by atoms with van der Waals surface area (Å²) in [5.41, 5.74) is 1.16. The van der Waals surface area contributed by atoms with Crippen LogP contribution in [-0.4, -0.2) is 29.8 Å². The van der Waals surface area contributed by atoms with Crippen LogP contribution >= 0.6 is 11.6 Å².